The number of nitrogens with two attached hydrogens (primary N) is 1. The van der Waals surface area contributed by atoms with Crippen LogP contribution in [0, 0.1) is 6.92 Å². The van der Waals surface area contributed by atoms with Gasteiger partial charge in [-0.1, -0.05) is 0 Å². The van der Waals surface area contributed by atoms with Crippen molar-refractivity contribution in [3.05, 3.63) is 23.7 Å². The molecular weight excluding hydrogens is 216 g/mol. The Hall–Kier alpha value is -0.850. The van der Waals surface area contributed by atoms with E-state index < -0.39 is 9.84 Å². The maximum absolute atomic E-state index is 11.0. The number of aryl methyl sites for hydroxylation is 1. The van der Waals surface area contributed by atoms with Crippen LogP contribution in [-0.4, -0.2) is 20.4 Å². The molecule has 0 bridgehead atoms. The lowest BCUT2D eigenvalue weighted by atomic mass is 10.1. The standard InChI is InChI=1S/C9H16N2O3S/c1-7-8(3-5-14-7)9(11-10)4-6-15(2,12)13/h3,5,9,11H,4,6,10H2,1-2H3. The Kier molecular flexibility index (Phi) is 3.90. The summed E-state index contributed by atoms with van der Waals surface area (Å²) in [7, 11) is -2.96. The lowest BCUT2D eigenvalue weighted by Crippen LogP contribution is -2.29. The summed E-state index contributed by atoms with van der Waals surface area (Å²) in [6.07, 6.45) is 3.22. The topological polar surface area (TPSA) is 85.3 Å². The number of rotatable bonds is 5. The highest BCUT2D eigenvalue weighted by Crippen LogP contribution is 2.21. The predicted octanol–water partition coefficient (Wildman–Crippen LogP) is 0.527. The molecule has 1 aromatic rings. The molecule has 0 saturated heterocycles. The first-order valence-corrected chi connectivity index (χ1v) is 6.68. The van der Waals surface area contributed by atoms with E-state index in [-0.39, 0.29) is 11.8 Å². The summed E-state index contributed by atoms with van der Waals surface area (Å²) in [5, 5.41) is 0. The number of hydrogen-bond donors (Lipinski definition) is 2. The van der Waals surface area contributed by atoms with Crippen molar-refractivity contribution in [2.75, 3.05) is 12.0 Å². The van der Waals surface area contributed by atoms with E-state index in [9.17, 15) is 8.42 Å². The second-order valence-electron chi connectivity index (χ2n) is 3.57. The van der Waals surface area contributed by atoms with Gasteiger partial charge in [0, 0.05) is 11.8 Å². The summed E-state index contributed by atoms with van der Waals surface area (Å²) >= 11 is 0. The lowest BCUT2D eigenvalue weighted by Gasteiger charge is -2.14. The minimum absolute atomic E-state index is 0.104. The molecule has 0 aliphatic carbocycles. The number of hydrazine groups is 1. The van der Waals surface area contributed by atoms with Crippen LogP contribution in [0.1, 0.15) is 23.8 Å². The molecule has 0 radical (unpaired) electrons. The van der Waals surface area contributed by atoms with E-state index in [1.54, 1.807) is 12.3 Å². The monoisotopic (exact) mass is 232 g/mol. The largest absolute Gasteiger partial charge is 0.469 e. The molecule has 0 aromatic carbocycles. The van der Waals surface area contributed by atoms with Crippen LogP contribution in [0.15, 0.2) is 16.7 Å². The molecule has 15 heavy (non-hydrogen) atoms. The van der Waals surface area contributed by atoms with Crippen LogP contribution in [0.5, 0.6) is 0 Å². The molecule has 1 aromatic heterocycles. The van der Waals surface area contributed by atoms with Gasteiger partial charge in [-0.15, -0.1) is 0 Å². The average molecular weight is 232 g/mol. The maximum Gasteiger partial charge on any atom is 0.147 e. The molecule has 0 aliphatic heterocycles. The molecule has 0 spiro atoms. The van der Waals surface area contributed by atoms with Gasteiger partial charge in [-0.05, 0) is 19.4 Å². The van der Waals surface area contributed by atoms with Crippen LogP contribution in [0.3, 0.4) is 0 Å². The van der Waals surface area contributed by atoms with Crippen molar-refractivity contribution >= 4 is 9.84 Å². The Bertz CT molecular complexity index is 411. The zero-order valence-electron chi connectivity index (χ0n) is 8.86. The van der Waals surface area contributed by atoms with E-state index in [0.29, 0.717) is 6.42 Å². The first-order chi connectivity index (χ1) is 6.94. The van der Waals surface area contributed by atoms with Crippen molar-refractivity contribution in [3.8, 4) is 0 Å². The Morgan fingerprint density at radius 3 is 2.67 bits per heavy atom. The molecule has 1 unspecified atom stereocenters. The number of furan rings is 1. The van der Waals surface area contributed by atoms with E-state index >= 15 is 0 Å². The van der Waals surface area contributed by atoms with Gasteiger partial charge in [-0.3, -0.25) is 11.3 Å². The number of hydrogen-bond acceptors (Lipinski definition) is 5. The van der Waals surface area contributed by atoms with Crippen molar-refractivity contribution in [2.24, 2.45) is 5.84 Å². The normalized spacial score (nSPS) is 14.1. The minimum atomic E-state index is -2.96. The maximum atomic E-state index is 11.0. The summed E-state index contributed by atoms with van der Waals surface area (Å²) in [4.78, 5) is 0. The van der Waals surface area contributed by atoms with Crippen molar-refractivity contribution in [2.45, 2.75) is 19.4 Å². The highest BCUT2D eigenvalue weighted by Gasteiger charge is 2.16. The number of nitrogens with one attached hydrogen (secondary N) is 1. The van der Waals surface area contributed by atoms with Crippen LogP contribution < -0.4 is 11.3 Å². The van der Waals surface area contributed by atoms with E-state index in [2.05, 4.69) is 5.43 Å². The molecule has 1 rings (SSSR count). The molecule has 0 aliphatic rings. The summed E-state index contributed by atoms with van der Waals surface area (Å²) in [6, 6.07) is 1.61. The van der Waals surface area contributed by atoms with Crippen molar-refractivity contribution in [3.63, 3.8) is 0 Å². The molecule has 0 amide bonds. The fraction of sp³-hybridized carbons (Fsp3) is 0.556. The fourth-order valence-electron chi connectivity index (χ4n) is 1.42. The van der Waals surface area contributed by atoms with Crippen LogP contribution in [0.2, 0.25) is 0 Å². The van der Waals surface area contributed by atoms with E-state index in [0.717, 1.165) is 11.3 Å². The molecule has 0 saturated carbocycles. The van der Waals surface area contributed by atoms with Crippen molar-refractivity contribution in [1.29, 1.82) is 0 Å². The van der Waals surface area contributed by atoms with Crippen LogP contribution in [0.4, 0.5) is 0 Å². The minimum Gasteiger partial charge on any atom is -0.469 e. The predicted molar refractivity (Wildman–Crippen MR) is 57.8 cm³/mol. The Morgan fingerprint density at radius 2 is 2.27 bits per heavy atom. The van der Waals surface area contributed by atoms with Crippen molar-refractivity contribution < 1.29 is 12.8 Å². The van der Waals surface area contributed by atoms with Gasteiger partial charge in [-0.25, -0.2) is 8.42 Å². The third-order valence-corrected chi connectivity index (χ3v) is 3.23. The molecule has 86 valence electrons. The van der Waals surface area contributed by atoms with Gasteiger partial charge in [0.1, 0.15) is 15.6 Å². The van der Waals surface area contributed by atoms with Gasteiger partial charge in [0.2, 0.25) is 0 Å². The first-order valence-electron chi connectivity index (χ1n) is 4.62. The van der Waals surface area contributed by atoms with E-state index in [1.165, 1.54) is 6.26 Å². The van der Waals surface area contributed by atoms with Gasteiger partial charge < -0.3 is 4.42 Å². The third-order valence-electron chi connectivity index (χ3n) is 2.25. The first kappa shape index (κ1) is 12.2. The van der Waals surface area contributed by atoms with Crippen LogP contribution >= 0.6 is 0 Å². The zero-order valence-corrected chi connectivity index (χ0v) is 9.67. The second-order valence-corrected chi connectivity index (χ2v) is 5.83. The van der Waals surface area contributed by atoms with Crippen LogP contribution in [0.25, 0.3) is 0 Å². The second kappa shape index (κ2) is 4.78. The summed E-state index contributed by atoms with van der Waals surface area (Å²) in [5.41, 5.74) is 3.50. The molecule has 6 heteroatoms. The van der Waals surface area contributed by atoms with Gasteiger partial charge in [0.25, 0.3) is 0 Å². The van der Waals surface area contributed by atoms with E-state index in [4.69, 9.17) is 10.3 Å². The lowest BCUT2D eigenvalue weighted by molar-refractivity contribution is 0.494. The van der Waals surface area contributed by atoms with Gasteiger partial charge in [0.15, 0.2) is 0 Å². The quantitative estimate of drug-likeness (QED) is 0.571. The highest BCUT2D eigenvalue weighted by atomic mass is 32.2. The van der Waals surface area contributed by atoms with Gasteiger partial charge >= 0.3 is 0 Å². The smallest absolute Gasteiger partial charge is 0.147 e. The molecular formula is C9H16N2O3S. The highest BCUT2D eigenvalue weighted by molar-refractivity contribution is 7.90. The van der Waals surface area contributed by atoms with Gasteiger partial charge in [-0.2, -0.15) is 0 Å². The summed E-state index contributed by atoms with van der Waals surface area (Å²) < 4.78 is 27.2. The fourth-order valence-corrected chi connectivity index (χ4v) is 2.08. The molecule has 1 atom stereocenters. The Morgan fingerprint density at radius 1 is 1.60 bits per heavy atom. The Balaban J connectivity index is 2.70. The average Bonchev–Trinajstić information content (AvgIpc) is 2.52. The molecule has 5 nitrogen and oxygen atoms in total. The van der Waals surface area contributed by atoms with Crippen LogP contribution in [-0.2, 0) is 9.84 Å². The molecule has 3 N–H and O–H groups in total. The number of sulfone groups is 1. The third kappa shape index (κ3) is 3.65. The summed E-state index contributed by atoms with van der Waals surface area (Å²) in [5.74, 6) is 6.24. The Labute approximate surface area is 89.5 Å². The summed E-state index contributed by atoms with van der Waals surface area (Å²) in [6.45, 7) is 1.82. The molecule has 0 fully saturated rings. The van der Waals surface area contributed by atoms with Crippen molar-refractivity contribution in [1.82, 2.24) is 5.43 Å². The zero-order chi connectivity index (χ0) is 11.5. The van der Waals surface area contributed by atoms with E-state index in [1.807, 2.05) is 6.92 Å². The SMILES string of the molecule is Cc1occc1C(CCS(C)(=O)=O)NN. The molecule has 1 heterocycles. The van der Waals surface area contributed by atoms with Gasteiger partial charge in [0.05, 0.1) is 18.1 Å².